The highest BCUT2D eigenvalue weighted by Crippen LogP contribution is 2.38. The highest BCUT2D eigenvalue weighted by Gasteiger charge is 2.37. The summed E-state index contributed by atoms with van der Waals surface area (Å²) in [7, 11) is -4.62. The van der Waals surface area contributed by atoms with Crippen molar-refractivity contribution >= 4 is 27.0 Å². The third-order valence-electron chi connectivity index (χ3n) is 4.06. The lowest BCUT2D eigenvalue weighted by molar-refractivity contribution is -0.139. The Bertz CT molecular complexity index is 1110. The number of nitrogen functional groups attached to an aromatic ring is 1. The lowest BCUT2D eigenvalue weighted by Gasteiger charge is -2.15. The molecule has 3 rings (SSSR count). The fourth-order valence-electron chi connectivity index (χ4n) is 2.97. The van der Waals surface area contributed by atoms with Crippen LogP contribution in [0.4, 0.5) is 19.1 Å². The van der Waals surface area contributed by atoms with Gasteiger partial charge < -0.3 is 5.73 Å². The largest absolute Gasteiger partial charge is 0.417 e. The average Bonchev–Trinajstić information content (AvgIpc) is 2.80. The summed E-state index contributed by atoms with van der Waals surface area (Å²) in [5, 5.41) is 5.01. The highest BCUT2D eigenvalue weighted by molar-refractivity contribution is 7.89. The van der Waals surface area contributed by atoms with E-state index in [4.69, 9.17) is 10.9 Å². The Hall–Kier alpha value is -2.59. The number of imidazole rings is 1. The van der Waals surface area contributed by atoms with Crippen LogP contribution in [-0.2, 0) is 16.2 Å². The summed E-state index contributed by atoms with van der Waals surface area (Å²) in [6.45, 7) is 3.61. The molecule has 0 aliphatic rings. The van der Waals surface area contributed by atoms with Gasteiger partial charge in [-0.15, -0.1) is 0 Å². The number of benzene rings is 2. The predicted octanol–water partition coefficient (Wildman–Crippen LogP) is 2.89. The van der Waals surface area contributed by atoms with E-state index >= 15 is 0 Å². The molecule has 0 saturated heterocycles. The van der Waals surface area contributed by atoms with Crippen molar-refractivity contribution in [2.45, 2.75) is 24.9 Å². The Morgan fingerprint density at radius 3 is 2.19 bits per heavy atom. The van der Waals surface area contributed by atoms with Crippen molar-refractivity contribution in [2.24, 2.45) is 5.14 Å². The van der Waals surface area contributed by atoms with E-state index in [1.165, 1.54) is 4.57 Å². The third kappa shape index (κ3) is 2.90. The van der Waals surface area contributed by atoms with Crippen LogP contribution in [-0.4, -0.2) is 18.0 Å². The molecule has 0 spiro atoms. The number of aromatic nitrogens is 2. The molecule has 10 heteroatoms. The fraction of sp³-hybridized carbons (Fsp3) is 0.188. The number of fused-ring (bicyclic) bond motifs is 1. The van der Waals surface area contributed by atoms with Crippen LogP contribution in [0.15, 0.2) is 35.2 Å². The molecule has 2 aromatic carbocycles. The number of halogens is 3. The van der Waals surface area contributed by atoms with Gasteiger partial charge in [0.15, 0.2) is 0 Å². The van der Waals surface area contributed by atoms with E-state index in [0.29, 0.717) is 11.8 Å². The van der Waals surface area contributed by atoms with Gasteiger partial charge in [-0.3, -0.25) is 4.57 Å². The van der Waals surface area contributed by atoms with Gasteiger partial charge in [0, 0.05) is 0 Å². The van der Waals surface area contributed by atoms with E-state index in [-0.39, 0.29) is 17.0 Å². The molecule has 0 radical (unpaired) electrons. The van der Waals surface area contributed by atoms with Gasteiger partial charge in [-0.1, -0.05) is 18.2 Å². The minimum absolute atomic E-state index is 0.0582. The lowest BCUT2D eigenvalue weighted by atomic mass is 10.1. The molecule has 6 nitrogen and oxygen atoms in total. The van der Waals surface area contributed by atoms with Crippen LogP contribution in [0, 0.1) is 13.8 Å². The number of nitrogens with zero attached hydrogens (tertiary/aromatic N) is 2. The second-order valence-electron chi connectivity index (χ2n) is 5.93. The zero-order valence-electron chi connectivity index (χ0n) is 13.8. The summed E-state index contributed by atoms with van der Waals surface area (Å²) in [6, 6.07) is 6.94. The Kier molecular flexibility index (Phi) is 4.00. The standard InChI is InChI=1S/C16H15F3N4O2S/c1-8-4-3-5-9(2)14(8)23-12-7-13(26(21,24)25)10(16(17,18)19)6-11(12)22-15(23)20/h3-7H,1-2H3,(H2,20,22)(H2,21,24,25). The van der Waals surface area contributed by atoms with E-state index < -0.39 is 26.7 Å². The summed E-state index contributed by atoms with van der Waals surface area (Å²) >= 11 is 0. The number of nitrogens with two attached hydrogens (primary N) is 2. The number of hydrogen-bond donors (Lipinski definition) is 2. The highest BCUT2D eigenvalue weighted by atomic mass is 32.2. The first-order chi connectivity index (χ1) is 11.9. The molecule has 3 aromatic rings. The smallest absolute Gasteiger partial charge is 0.369 e. The van der Waals surface area contributed by atoms with Gasteiger partial charge in [-0.2, -0.15) is 13.2 Å². The molecule has 0 saturated carbocycles. The number of anilines is 1. The maximum Gasteiger partial charge on any atom is 0.417 e. The van der Waals surface area contributed by atoms with Crippen molar-refractivity contribution in [1.29, 1.82) is 0 Å². The Labute approximate surface area is 147 Å². The number of sulfonamides is 1. The zero-order valence-corrected chi connectivity index (χ0v) is 14.6. The summed E-state index contributed by atoms with van der Waals surface area (Å²) < 4.78 is 64.8. The fourth-order valence-corrected chi connectivity index (χ4v) is 3.73. The van der Waals surface area contributed by atoms with Crippen LogP contribution in [0.1, 0.15) is 16.7 Å². The molecule has 1 aromatic heterocycles. The van der Waals surface area contributed by atoms with Crippen LogP contribution >= 0.6 is 0 Å². The van der Waals surface area contributed by atoms with Crippen LogP contribution < -0.4 is 10.9 Å². The van der Waals surface area contributed by atoms with E-state index in [1.807, 2.05) is 6.07 Å². The molecule has 1 heterocycles. The number of rotatable bonds is 2. The number of hydrogen-bond acceptors (Lipinski definition) is 4. The van der Waals surface area contributed by atoms with Crippen LogP contribution in [0.2, 0.25) is 0 Å². The normalized spacial score (nSPS) is 12.7. The van der Waals surface area contributed by atoms with E-state index in [0.717, 1.165) is 17.2 Å². The molecule has 0 aliphatic heterocycles. The SMILES string of the molecule is Cc1cccc(C)c1-n1c(N)nc2cc(C(F)(F)F)c(S(N)(=O)=O)cc21. The van der Waals surface area contributed by atoms with Gasteiger partial charge in [-0.25, -0.2) is 18.5 Å². The summed E-state index contributed by atoms with van der Waals surface area (Å²) in [5.74, 6) is -0.0582. The van der Waals surface area contributed by atoms with Gasteiger partial charge in [0.05, 0.1) is 27.2 Å². The Balaban J connectivity index is 2.47. The molecular formula is C16H15F3N4O2S. The van der Waals surface area contributed by atoms with Gasteiger partial charge in [-0.05, 0) is 37.1 Å². The van der Waals surface area contributed by atoms with Gasteiger partial charge in [0.2, 0.25) is 16.0 Å². The molecule has 0 fully saturated rings. The topological polar surface area (TPSA) is 104 Å². The lowest BCUT2D eigenvalue weighted by Crippen LogP contribution is -2.19. The second kappa shape index (κ2) is 5.71. The van der Waals surface area contributed by atoms with Gasteiger partial charge >= 0.3 is 6.18 Å². The number of primary sulfonamides is 1. The average molecular weight is 384 g/mol. The first-order valence-corrected chi connectivity index (χ1v) is 8.94. The van der Waals surface area contributed by atoms with Crippen molar-refractivity contribution in [3.63, 3.8) is 0 Å². The van der Waals surface area contributed by atoms with Crippen molar-refractivity contribution < 1.29 is 21.6 Å². The molecule has 4 N–H and O–H groups in total. The van der Waals surface area contributed by atoms with Crippen molar-refractivity contribution in [1.82, 2.24) is 9.55 Å². The quantitative estimate of drug-likeness (QED) is 0.709. The molecule has 0 unspecified atom stereocenters. The van der Waals surface area contributed by atoms with E-state index in [1.54, 1.807) is 26.0 Å². The van der Waals surface area contributed by atoms with Crippen LogP contribution in [0.5, 0.6) is 0 Å². The van der Waals surface area contributed by atoms with Crippen LogP contribution in [0.25, 0.3) is 16.7 Å². The molecule has 138 valence electrons. The van der Waals surface area contributed by atoms with Crippen molar-refractivity contribution in [2.75, 3.05) is 5.73 Å². The number of alkyl halides is 3. The zero-order chi connectivity index (χ0) is 19.4. The van der Waals surface area contributed by atoms with Gasteiger partial charge in [0.25, 0.3) is 0 Å². The second-order valence-corrected chi connectivity index (χ2v) is 7.46. The minimum Gasteiger partial charge on any atom is -0.369 e. The van der Waals surface area contributed by atoms with E-state index in [9.17, 15) is 21.6 Å². The number of para-hydroxylation sites is 1. The third-order valence-corrected chi connectivity index (χ3v) is 5.01. The Morgan fingerprint density at radius 2 is 1.69 bits per heavy atom. The summed E-state index contributed by atoms with van der Waals surface area (Å²) in [5.41, 5.74) is 6.81. The molecule has 26 heavy (non-hydrogen) atoms. The monoisotopic (exact) mass is 384 g/mol. The molecule has 0 aliphatic carbocycles. The predicted molar refractivity (Wildman–Crippen MR) is 91.3 cm³/mol. The molecule has 0 bridgehead atoms. The molecule has 0 amide bonds. The van der Waals surface area contributed by atoms with Gasteiger partial charge in [0.1, 0.15) is 0 Å². The minimum atomic E-state index is -4.91. The van der Waals surface area contributed by atoms with Crippen molar-refractivity contribution in [3.05, 3.63) is 47.0 Å². The summed E-state index contributed by atoms with van der Waals surface area (Å²) in [4.78, 5) is 2.95. The first kappa shape index (κ1) is 18.2. The molecular weight excluding hydrogens is 369 g/mol. The van der Waals surface area contributed by atoms with Crippen LogP contribution in [0.3, 0.4) is 0 Å². The van der Waals surface area contributed by atoms with Crippen molar-refractivity contribution in [3.8, 4) is 5.69 Å². The molecule has 0 atom stereocenters. The first-order valence-electron chi connectivity index (χ1n) is 7.40. The van der Waals surface area contributed by atoms with E-state index in [2.05, 4.69) is 4.98 Å². The maximum absolute atomic E-state index is 13.3. The summed E-state index contributed by atoms with van der Waals surface area (Å²) in [6.07, 6.45) is -4.91. The maximum atomic E-state index is 13.3. The number of aryl methyl sites for hydroxylation is 2. The Morgan fingerprint density at radius 1 is 1.12 bits per heavy atom.